The third-order valence-electron chi connectivity index (χ3n) is 2.67. The highest BCUT2D eigenvalue weighted by molar-refractivity contribution is 5.72. The first-order valence-electron chi connectivity index (χ1n) is 6.00. The minimum Gasteiger partial charge on any atom is -0.352 e. The fourth-order valence-electron chi connectivity index (χ4n) is 1.80. The van der Waals surface area contributed by atoms with E-state index in [0.717, 1.165) is 12.1 Å². The second kappa shape index (κ2) is 5.96. The molecular weight excluding hydrogens is 224 g/mol. The fourth-order valence-corrected chi connectivity index (χ4v) is 1.80. The number of nitrogens with zero attached hydrogens (tertiary/aromatic N) is 1. The maximum absolute atomic E-state index is 10.9. The lowest BCUT2D eigenvalue weighted by Crippen LogP contribution is -2.34. The van der Waals surface area contributed by atoms with Gasteiger partial charge in [-0.15, -0.1) is 0 Å². The topological polar surface area (TPSA) is 33.0 Å². The molecule has 92 valence electrons. The Hall–Kier alpha value is -2.16. The molecule has 18 heavy (non-hydrogen) atoms. The number of carbonyl (C=O) groups excluding carboxylic acids is 1. The highest BCUT2D eigenvalue weighted by Gasteiger charge is 2.04. The molecule has 0 bridgehead atoms. The standard InChI is InChI=1S/C15H16N2O/c1-13(18)16-10-15-8-5-9-17(12-15)11-14-6-3-2-4-7-14/h2-9,12H,10-11H2,1H3/p+1. The highest BCUT2D eigenvalue weighted by Crippen LogP contribution is 1.99. The third kappa shape index (κ3) is 3.70. The summed E-state index contributed by atoms with van der Waals surface area (Å²) < 4.78 is 2.12. The second-order valence-corrected chi connectivity index (χ2v) is 4.28. The summed E-state index contributed by atoms with van der Waals surface area (Å²) in [4.78, 5) is 10.9. The molecule has 0 unspecified atom stereocenters. The predicted molar refractivity (Wildman–Crippen MR) is 69.7 cm³/mol. The molecule has 1 amide bonds. The smallest absolute Gasteiger partial charge is 0.217 e. The first kappa shape index (κ1) is 12.3. The molecule has 0 spiro atoms. The largest absolute Gasteiger partial charge is 0.352 e. The number of rotatable bonds is 4. The average Bonchev–Trinajstić information content (AvgIpc) is 2.38. The Morgan fingerprint density at radius 3 is 2.56 bits per heavy atom. The lowest BCUT2D eigenvalue weighted by Gasteiger charge is -2.02. The van der Waals surface area contributed by atoms with Gasteiger partial charge in [0.05, 0.1) is 0 Å². The van der Waals surface area contributed by atoms with Crippen LogP contribution in [-0.4, -0.2) is 5.91 Å². The van der Waals surface area contributed by atoms with Crippen LogP contribution in [0.2, 0.25) is 0 Å². The van der Waals surface area contributed by atoms with Crippen LogP contribution in [0.1, 0.15) is 18.1 Å². The van der Waals surface area contributed by atoms with Crippen molar-refractivity contribution in [2.24, 2.45) is 0 Å². The van der Waals surface area contributed by atoms with Crippen molar-refractivity contribution in [3.05, 3.63) is 66.0 Å². The van der Waals surface area contributed by atoms with Crippen molar-refractivity contribution in [2.45, 2.75) is 20.0 Å². The molecule has 2 aromatic rings. The average molecular weight is 241 g/mol. The van der Waals surface area contributed by atoms with E-state index in [2.05, 4.69) is 28.2 Å². The zero-order valence-electron chi connectivity index (χ0n) is 10.5. The van der Waals surface area contributed by atoms with Gasteiger partial charge in [0.25, 0.3) is 0 Å². The number of hydrogen-bond donors (Lipinski definition) is 1. The van der Waals surface area contributed by atoms with Crippen LogP contribution in [0.5, 0.6) is 0 Å². The van der Waals surface area contributed by atoms with Crippen molar-refractivity contribution in [3.8, 4) is 0 Å². The molecule has 1 aromatic heterocycles. The highest BCUT2D eigenvalue weighted by atomic mass is 16.1. The Labute approximate surface area is 107 Å². The van der Waals surface area contributed by atoms with Gasteiger partial charge in [0.2, 0.25) is 5.91 Å². The number of benzene rings is 1. The quantitative estimate of drug-likeness (QED) is 0.811. The van der Waals surface area contributed by atoms with E-state index in [0.29, 0.717) is 6.54 Å². The molecule has 1 N–H and O–H groups in total. The molecule has 0 aliphatic carbocycles. The Bertz CT molecular complexity index is 523. The summed E-state index contributed by atoms with van der Waals surface area (Å²) in [6.45, 7) is 2.95. The molecule has 3 heteroatoms. The molecule has 0 aliphatic rings. The summed E-state index contributed by atoms with van der Waals surface area (Å²) in [5.74, 6) is -0.00605. The van der Waals surface area contributed by atoms with Gasteiger partial charge in [0.15, 0.2) is 18.9 Å². The molecule has 0 saturated carbocycles. The SMILES string of the molecule is CC(=O)NCc1ccc[n+](Cc2ccccc2)c1. The zero-order valence-corrected chi connectivity index (χ0v) is 10.5. The molecule has 0 saturated heterocycles. The second-order valence-electron chi connectivity index (χ2n) is 4.28. The van der Waals surface area contributed by atoms with Gasteiger partial charge in [0, 0.05) is 30.7 Å². The lowest BCUT2D eigenvalue weighted by molar-refractivity contribution is -0.688. The van der Waals surface area contributed by atoms with Gasteiger partial charge in [-0.1, -0.05) is 30.3 Å². The summed E-state index contributed by atoms with van der Waals surface area (Å²) in [7, 11) is 0. The summed E-state index contributed by atoms with van der Waals surface area (Å²) in [6, 6.07) is 14.3. The molecule has 0 atom stereocenters. The third-order valence-corrected chi connectivity index (χ3v) is 2.67. The van der Waals surface area contributed by atoms with Crippen LogP contribution in [0.3, 0.4) is 0 Å². The maximum Gasteiger partial charge on any atom is 0.217 e. The monoisotopic (exact) mass is 241 g/mol. The van der Waals surface area contributed by atoms with Crippen molar-refractivity contribution in [3.63, 3.8) is 0 Å². The summed E-state index contributed by atoms with van der Waals surface area (Å²) >= 11 is 0. The van der Waals surface area contributed by atoms with Gasteiger partial charge in [0.1, 0.15) is 0 Å². The molecule has 2 rings (SSSR count). The first-order valence-corrected chi connectivity index (χ1v) is 6.00. The van der Waals surface area contributed by atoms with Gasteiger partial charge in [-0.2, -0.15) is 0 Å². The van der Waals surface area contributed by atoms with E-state index in [1.807, 2.05) is 36.5 Å². The van der Waals surface area contributed by atoms with Crippen molar-refractivity contribution in [1.82, 2.24) is 5.32 Å². The number of hydrogen-bond acceptors (Lipinski definition) is 1. The van der Waals surface area contributed by atoms with Crippen molar-refractivity contribution in [1.29, 1.82) is 0 Å². The van der Waals surface area contributed by atoms with Crippen molar-refractivity contribution < 1.29 is 9.36 Å². The summed E-state index contributed by atoms with van der Waals surface area (Å²) in [5.41, 5.74) is 2.36. The van der Waals surface area contributed by atoms with Crippen LogP contribution in [0.15, 0.2) is 54.9 Å². The molecular formula is C15H17N2O+. The Morgan fingerprint density at radius 1 is 1.11 bits per heavy atom. The van der Waals surface area contributed by atoms with Crippen molar-refractivity contribution >= 4 is 5.91 Å². The number of amides is 1. The van der Waals surface area contributed by atoms with Crippen LogP contribution in [-0.2, 0) is 17.9 Å². The first-order chi connectivity index (χ1) is 8.74. The van der Waals surface area contributed by atoms with E-state index < -0.39 is 0 Å². The summed E-state index contributed by atoms with van der Waals surface area (Å²) in [6.07, 6.45) is 4.09. The minimum atomic E-state index is -0.00605. The Balaban J connectivity index is 2.05. The van der Waals surface area contributed by atoms with E-state index in [-0.39, 0.29) is 5.91 Å². The van der Waals surface area contributed by atoms with Gasteiger partial charge in [-0.05, 0) is 6.07 Å². The van der Waals surface area contributed by atoms with Crippen LogP contribution in [0.25, 0.3) is 0 Å². The molecule has 0 fully saturated rings. The predicted octanol–water partition coefficient (Wildman–Crippen LogP) is 1.66. The van der Waals surface area contributed by atoms with Gasteiger partial charge >= 0.3 is 0 Å². The van der Waals surface area contributed by atoms with Gasteiger partial charge < -0.3 is 5.32 Å². The molecule has 0 aliphatic heterocycles. The van der Waals surface area contributed by atoms with Crippen LogP contribution in [0.4, 0.5) is 0 Å². The zero-order chi connectivity index (χ0) is 12.8. The normalized spacial score (nSPS) is 10.1. The van der Waals surface area contributed by atoms with E-state index in [1.165, 1.54) is 12.5 Å². The number of carbonyl (C=O) groups is 1. The number of aromatic nitrogens is 1. The van der Waals surface area contributed by atoms with Crippen molar-refractivity contribution in [2.75, 3.05) is 0 Å². The number of pyridine rings is 1. The summed E-state index contributed by atoms with van der Waals surface area (Å²) in [5, 5.41) is 2.80. The molecule has 1 heterocycles. The van der Waals surface area contributed by atoms with E-state index in [1.54, 1.807) is 0 Å². The van der Waals surface area contributed by atoms with Crippen LogP contribution < -0.4 is 9.88 Å². The maximum atomic E-state index is 10.9. The van der Waals surface area contributed by atoms with E-state index >= 15 is 0 Å². The number of nitrogens with one attached hydrogen (secondary N) is 1. The Morgan fingerprint density at radius 2 is 1.83 bits per heavy atom. The Kier molecular flexibility index (Phi) is 4.07. The lowest BCUT2D eigenvalue weighted by atomic mass is 10.2. The van der Waals surface area contributed by atoms with E-state index in [9.17, 15) is 4.79 Å². The van der Waals surface area contributed by atoms with Crippen LogP contribution in [0, 0.1) is 0 Å². The van der Waals surface area contributed by atoms with E-state index in [4.69, 9.17) is 0 Å². The molecule has 0 radical (unpaired) electrons. The van der Waals surface area contributed by atoms with Gasteiger partial charge in [-0.25, -0.2) is 4.57 Å². The molecule has 3 nitrogen and oxygen atoms in total. The van der Waals surface area contributed by atoms with Gasteiger partial charge in [-0.3, -0.25) is 4.79 Å². The van der Waals surface area contributed by atoms with Crippen LogP contribution >= 0.6 is 0 Å². The fraction of sp³-hybridized carbons (Fsp3) is 0.200. The minimum absolute atomic E-state index is 0.00605. The molecule has 1 aromatic carbocycles.